The van der Waals surface area contributed by atoms with Crippen LogP contribution in [-0.2, 0) is 16.0 Å². The predicted molar refractivity (Wildman–Crippen MR) is 91.6 cm³/mol. The first-order valence-corrected chi connectivity index (χ1v) is 8.44. The number of hydrogen-bond acceptors (Lipinski definition) is 6. The van der Waals surface area contributed by atoms with Crippen LogP contribution in [0.1, 0.15) is 11.5 Å². The maximum absolute atomic E-state index is 10.2. The highest BCUT2D eigenvalue weighted by molar-refractivity contribution is 5.05. The Morgan fingerprint density at radius 3 is 2.88 bits per heavy atom. The molecule has 1 aliphatic heterocycles. The van der Waals surface area contributed by atoms with Gasteiger partial charge in [-0.15, -0.1) is 6.42 Å². The highest BCUT2D eigenvalue weighted by Crippen LogP contribution is 2.10. The summed E-state index contributed by atoms with van der Waals surface area (Å²) in [7, 11) is 0. The Balaban J connectivity index is 1.83. The van der Waals surface area contributed by atoms with Crippen LogP contribution in [-0.4, -0.2) is 80.2 Å². The summed E-state index contributed by atoms with van der Waals surface area (Å²) in [6.45, 7) is 8.90. The van der Waals surface area contributed by atoms with E-state index in [2.05, 4.69) is 15.7 Å². The fourth-order valence-electron chi connectivity index (χ4n) is 2.74. The first kappa shape index (κ1) is 19.0. The van der Waals surface area contributed by atoms with Gasteiger partial charge in [-0.3, -0.25) is 9.80 Å². The highest BCUT2D eigenvalue weighted by Gasteiger charge is 2.17. The molecule has 0 radical (unpaired) electrons. The molecule has 1 saturated heterocycles. The average Bonchev–Trinajstić information content (AvgIpc) is 2.99. The van der Waals surface area contributed by atoms with Crippen LogP contribution in [0.25, 0.3) is 0 Å². The van der Waals surface area contributed by atoms with E-state index in [0.29, 0.717) is 13.1 Å². The molecule has 1 N–H and O–H groups in total. The molecule has 2 heterocycles. The molecule has 0 aromatic carbocycles. The average molecular weight is 336 g/mol. The van der Waals surface area contributed by atoms with Gasteiger partial charge in [0.1, 0.15) is 18.1 Å². The monoisotopic (exact) mass is 336 g/mol. The van der Waals surface area contributed by atoms with Crippen molar-refractivity contribution in [3.05, 3.63) is 23.7 Å². The molecule has 24 heavy (non-hydrogen) atoms. The van der Waals surface area contributed by atoms with E-state index in [1.807, 2.05) is 19.1 Å². The summed E-state index contributed by atoms with van der Waals surface area (Å²) in [5.74, 6) is 4.21. The van der Waals surface area contributed by atoms with Crippen LogP contribution >= 0.6 is 0 Å². The van der Waals surface area contributed by atoms with E-state index in [-0.39, 0.29) is 13.2 Å². The number of ether oxygens (including phenoxy) is 2. The standard InChI is InChI=1S/C18H28N2O4/c1-3-10-23-15-17(21)13-20(14-18-5-4-16(2)24-18)7-6-19-8-11-22-12-9-19/h1,4-5,17,21H,6-15H2,2H3/t17-/m1/s1. The van der Waals surface area contributed by atoms with E-state index in [1.165, 1.54) is 0 Å². The van der Waals surface area contributed by atoms with E-state index in [1.54, 1.807) is 0 Å². The minimum absolute atomic E-state index is 0.224. The fraction of sp³-hybridized carbons (Fsp3) is 0.667. The first-order chi connectivity index (χ1) is 11.7. The van der Waals surface area contributed by atoms with Gasteiger partial charge < -0.3 is 19.0 Å². The van der Waals surface area contributed by atoms with E-state index >= 15 is 0 Å². The Kier molecular flexibility index (Phi) is 8.29. The van der Waals surface area contributed by atoms with Crippen LogP contribution in [0.15, 0.2) is 16.5 Å². The lowest BCUT2D eigenvalue weighted by Gasteiger charge is -2.30. The Morgan fingerprint density at radius 1 is 1.42 bits per heavy atom. The topological polar surface area (TPSA) is 58.3 Å². The molecule has 6 nitrogen and oxygen atoms in total. The molecule has 1 atom stereocenters. The Bertz CT molecular complexity index is 505. The molecule has 0 spiro atoms. The summed E-state index contributed by atoms with van der Waals surface area (Å²) in [6, 6.07) is 3.94. The van der Waals surface area contributed by atoms with Gasteiger partial charge in [-0.25, -0.2) is 0 Å². The van der Waals surface area contributed by atoms with Gasteiger partial charge in [0.05, 0.1) is 32.5 Å². The van der Waals surface area contributed by atoms with Gasteiger partial charge in [-0.1, -0.05) is 5.92 Å². The van der Waals surface area contributed by atoms with Gasteiger partial charge in [-0.2, -0.15) is 0 Å². The van der Waals surface area contributed by atoms with Crippen LogP contribution < -0.4 is 0 Å². The molecule has 0 bridgehead atoms. The lowest BCUT2D eigenvalue weighted by atomic mass is 10.3. The normalized spacial score (nSPS) is 17.1. The number of hydrogen-bond donors (Lipinski definition) is 1. The number of terminal acetylenes is 1. The Hall–Kier alpha value is -1.36. The summed E-state index contributed by atoms with van der Waals surface area (Å²) in [5, 5.41) is 10.2. The number of rotatable bonds is 10. The number of morpholine rings is 1. The van der Waals surface area contributed by atoms with Gasteiger partial charge >= 0.3 is 0 Å². The molecule has 1 fully saturated rings. The maximum atomic E-state index is 10.2. The second-order valence-electron chi connectivity index (χ2n) is 6.07. The molecule has 0 unspecified atom stereocenters. The van der Waals surface area contributed by atoms with Crippen molar-refractivity contribution < 1.29 is 19.0 Å². The van der Waals surface area contributed by atoms with E-state index in [0.717, 1.165) is 50.9 Å². The summed E-state index contributed by atoms with van der Waals surface area (Å²) >= 11 is 0. The maximum Gasteiger partial charge on any atom is 0.118 e. The summed E-state index contributed by atoms with van der Waals surface area (Å²) in [6.07, 6.45) is 4.59. The van der Waals surface area contributed by atoms with Gasteiger partial charge in [-0.05, 0) is 19.1 Å². The molecular weight excluding hydrogens is 308 g/mol. The minimum atomic E-state index is -0.570. The van der Waals surface area contributed by atoms with Crippen LogP contribution in [0.5, 0.6) is 0 Å². The van der Waals surface area contributed by atoms with Crippen LogP contribution in [0.3, 0.4) is 0 Å². The van der Waals surface area contributed by atoms with Crippen LogP contribution in [0.2, 0.25) is 0 Å². The van der Waals surface area contributed by atoms with Crippen molar-refractivity contribution >= 4 is 0 Å². The summed E-state index contributed by atoms with van der Waals surface area (Å²) in [5.41, 5.74) is 0. The molecule has 0 amide bonds. The van der Waals surface area contributed by atoms with Crippen LogP contribution in [0, 0.1) is 19.3 Å². The predicted octanol–water partition coefficient (Wildman–Crippen LogP) is 0.733. The zero-order valence-corrected chi connectivity index (χ0v) is 14.4. The zero-order chi connectivity index (χ0) is 17.2. The van der Waals surface area contributed by atoms with Crippen molar-refractivity contribution in [3.63, 3.8) is 0 Å². The van der Waals surface area contributed by atoms with Crippen molar-refractivity contribution in [2.24, 2.45) is 0 Å². The molecule has 0 aliphatic carbocycles. The molecule has 1 aliphatic rings. The number of furan rings is 1. The molecule has 6 heteroatoms. The quantitative estimate of drug-likeness (QED) is 0.502. The van der Waals surface area contributed by atoms with E-state index in [9.17, 15) is 5.11 Å². The molecule has 1 aromatic heterocycles. The lowest BCUT2D eigenvalue weighted by molar-refractivity contribution is 0.0124. The second-order valence-corrected chi connectivity index (χ2v) is 6.07. The molecule has 0 saturated carbocycles. The Labute approximate surface area is 144 Å². The van der Waals surface area contributed by atoms with Crippen molar-refractivity contribution in [3.8, 4) is 12.3 Å². The summed E-state index contributed by atoms with van der Waals surface area (Å²) < 4.78 is 16.3. The largest absolute Gasteiger partial charge is 0.465 e. The first-order valence-electron chi connectivity index (χ1n) is 8.44. The van der Waals surface area contributed by atoms with Gasteiger partial charge in [0, 0.05) is 32.7 Å². The smallest absolute Gasteiger partial charge is 0.118 e. The molecular formula is C18H28N2O4. The van der Waals surface area contributed by atoms with Crippen molar-refractivity contribution in [1.82, 2.24) is 9.80 Å². The number of aliphatic hydroxyl groups excluding tert-OH is 1. The zero-order valence-electron chi connectivity index (χ0n) is 14.4. The molecule has 2 rings (SSSR count). The fourth-order valence-corrected chi connectivity index (χ4v) is 2.74. The molecule has 1 aromatic rings. The SMILES string of the molecule is C#CCOC[C@H](O)CN(CCN1CCOCC1)Cc1ccc(C)o1. The van der Waals surface area contributed by atoms with Gasteiger partial charge in [0.15, 0.2) is 0 Å². The third-order valence-electron chi connectivity index (χ3n) is 3.98. The third kappa shape index (κ3) is 7.04. The Morgan fingerprint density at radius 2 is 2.21 bits per heavy atom. The second kappa shape index (κ2) is 10.5. The number of aryl methyl sites for hydroxylation is 1. The number of aliphatic hydroxyl groups is 1. The van der Waals surface area contributed by atoms with Gasteiger partial charge in [0.25, 0.3) is 0 Å². The lowest BCUT2D eigenvalue weighted by Crippen LogP contribution is -2.43. The summed E-state index contributed by atoms with van der Waals surface area (Å²) in [4.78, 5) is 4.57. The minimum Gasteiger partial charge on any atom is -0.465 e. The van der Waals surface area contributed by atoms with E-state index in [4.69, 9.17) is 20.3 Å². The third-order valence-corrected chi connectivity index (χ3v) is 3.98. The molecule has 134 valence electrons. The highest BCUT2D eigenvalue weighted by atomic mass is 16.5. The number of nitrogens with zero attached hydrogens (tertiary/aromatic N) is 2. The van der Waals surface area contributed by atoms with Crippen molar-refractivity contribution in [2.75, 3.05) is 59.2 Å². The van der Waals surface area contributed by atoms with Crippen molar-refractivity contribution in [2.45, 2.75) is 19.6 Å². The van der Waals surface area contributed by atoms with E-state index < -0.39 is 6.10 Å². The van der Waals surface area contributed by atoms with Crippen molar-refractivity contribution in [1.29, 1.82) is 0 Å². The van der Waals surface area contributed by atoms with Crippen LogP contribution in [0.4, 0.5) is 0 Å². The van der Waals surface area contributed by atoms with Gasteiger partial charge in [0.2, 0.25) is 0 Å².